The largest absolute Gasteiger partial charge is 0.468 e. The van der Waals surface area contributed by atoms with Gasteiger partial charge < -0.3 is 10.1 Å². The summed E-state index contributed by atoms with van der Waals surface area (Å²) in [4.78, 5) is 23.4. The number of hydrogen-bond acceptors (Lipinski definition) is 3. The summed E-state index contributed by atoms with van der Waals surface area (Å²) in [6, 6.07) is 7.39. The summed E-state index contributed by atoms with van der Waals surface area (Å²) in [6.07, 6.45) is 0. The molecule has 4 nitrogen and oxygen atoms in total. The SMILES string of the molecule is COC(=O)C(Cl)CNC(=O)c1ccccc1C(C)(C)C. The van der Waals surface area contributed by atoms with Gasteiger partial charge in [0.25, 0.3) is 5.91 Å². The topological polar surface area (TPSA) is 55.4 Å². The first-order valence-corrected chi connectivity index (χ1v) is 6.80. The van der Waals surface area contributed by atoms with Crippen LogP contribution in [0, 0.1) is 0 Å². The summed E-state index contributed by atoms with van der Waals surface area (Å²) in [5, 5.41) is 1.77. The molecule has 1 atom stereocenters. The molecule has 1 aromatic rings. The second-order valence-corrected chi connectivity index (χ2v) is 6.02. The van der Waals surface area contributed by atoms with Gasteiger partial charge in [0.1, 0.15) is 5.38 Å². The van der Waals surface area contributed by atoms with Gasteiger partial charge in [-0.2, -0.15) is 0 Å². The molecule has 0 aliphatic carbocycles. The fraction of sp³-hybridized carbons (Fsp3) is 0.467. The highest BCUT2D eigenvalue weighted by molar-refractivity contribution is 6.30. The molecule has 1 aromatic carbocycles. The van der Waals surface area contributed by atoms with Gasteiger partial charge in [-0.05, 0) is 17.0 Å². The number of carbonyl (C=O) groups is 2. The van der Waals surface area contributed by atoms with E-state index in [-0.39, 0.29) is 17.9 Å². The number of benzene rings is 1. The van der Waals surface area contributed by atoms with Gasteiger partial charge in [-0.1, -0.05) is 39.0 Å². The van der Waals surface area contributed by atoms with Crippen LogP contribution in [0.2, 0.25) is 0 Å². The number of hydrogen-bond donors (Lipinski definition) is 1. The average Bonchev–Trinajstić information content (AvgIpc) is 2.42. The fourth-order valence-corrected chi connectivity index (χ4v) is 1.99. The van der Waals surface area contributed by atoms with Crippen LogP contribution in [-0.2, 0) is 14.9 Å². The standard InChI is InChI=1S/C15H20ClNO3/c1-15(2,3)11-8-6-5-7-10(11)13(18)17-9-12(16)14(19)20-4/h5-8,12H,9H2,1-4H3,(H,17,18). The van der Waals surface area contributed by atoms with Crippen LogP contribution in [0.3, 0.4) is 0 Å². The molecule has 0 radical (unpaired) electrons. The lowest BCUT2D eigenvalue weighted by Crippen LogP contribution is -2.35. The van der Waals surface area contributed by atoms with Crippen molar-refractivity contribution in [2.45, 2.75) is 31.6 Å². The molecule has 1 N–H and O–H groups in total. The molecule has 110 valence electrons. The van der Waals surface area contributed by atoms with Gasteiger partial charge in [0.05, 0.1) is 7.11 Å². The number of alkyl halides is 1. The first kappa shape index (κ1) is 16.5. The fourth-order valence-electron chi connectivity index (χ4n) is 1.82. The van der Waals surface area contributed by atoms with Crippen molar-refractivity contribution in [3.63, 3.8) is 0 Å². The number of amides is 1. The smallest absolute Gasteiger partial charge is 0.325 e. The lowest BCUT2D eigenvalue weighted by atomic mass is 9.83. The molecular formula is C15H20ClNO3. The van der Waals surface area contributed by atoms with Crippen LogP contribution >= 0.6 is 11.6 Å². The van der Waals surface area contributed by atoms with Crippen molar-refractivity contribution < 1.29 is 14.3 Å². The Bertz CT molecular complexity index is 494. The third-order valence-electron chi connectivity index (χ3n) is 2.88. The average molecular weight is 298 g/mol. The number of methoxy groups -OCH3 is 1. The summed E-state index contributed by atoms with van der Waals surface area (Å²) < 4.78 is 4.51. The van der Waals surface area contributed by atoms with E-state index in [1.54, 1.807) is 6.07 Å². The van der Waals surface area contributed by atoms with Crippen LogP contribution in [0.25, 0.3) is 0 Å². The molecule has 0 aliphatic heterocycles. The Kier molecular flexibility index (Phi) is 5.57. The summed E-state index contributed by atoms with van der Waals surface area (Å²) in [7, 11) is 1.26. The summed E-state index contributed by atoms with van der Waals surface area (Å²) >= 11 is 5.80. The highest BCUT2D eigenvalue weighted by atomic mass is 35.5. The quantitative estimate of drug-likeness (QED) is 0.686. The van der Waals surface area contributed by atoms with Crippen molar-refractivity contribution in [3.05, 3.63) is 35.4 Å². The van der Waals surface area contributed by atoms with Gasteiger partial charge in [0.15, 0.2) is 0 Å². The molecule has 0 heterocycles. The zero-order chi connectivity index (χ0) is 15.3. The Morgan fingerprint density at radius 3 is 2.45 bits per heavy atom. The Labute approximate surface area is 124 Å². The zero-order valence-electron chi connectivity index (χ0n) is 12.2. The third kappa shape index (κ3) is 4.23. The van der Waals surface area contributed by atoms with Crippen LogP contribution in [0.1, 0.15) is 36.7 Å². The van der Waals surface area contributed by atoms with Crippen LogP contribution in [0.15, 0.2) is 24.3 Å². The maximum atomic E-state index is 12.2. The minimum absolute atomic E-state index is 0.0333. The van der Waals surface area contributed by atoms with Gasteiger partial charge >= 0.3 is 5.97 Å². The zero-order valence-corrected chi connectivity index (χ0v) is 13.0. The lowest BCUT2D eigenvalue weighted by Gasteiger charge is -2.22. The van der Waals surface area contributed by atoms with Crippen molar-refractivity contribution in [1.29, 1.82) is 0 Å². The van der Waals surface area contributed by atoms with Crippen molar-refractivity contribution in [2.24, 2.45) is 0 Å². The van der Waals surface area contributed by atoms with Crippen molar-refractivity contribution in [1.82, 2.24) is 5.32 Å². The number of ether oxygens (including phenoxy) is 1. The molecule has 0 fully saturated rings. The van der Waals surface area contributed by atoms with Crippen LogP contribution in [0.4, 0.5) is 0 Å². The Balaban J connectivity index is 2.81. The molecule has 0 aromatic heterocycles. The second-order valence-electron chi connectivity index (χ2n) is 5.50. The predicted molar refractivity (Wildman–Crippen MR) is 79.1 cm³/mol. The van der Waals surface area contributed by atoms with E-state index in [0.29, 0.717) is 5.56 Å². The van der Waals surface area contributed by atoms with E-state index in [1.807, 2.05) is 39.0 Å². The third-order valence-corrected chi connectivity index (χ3v) is 3.21. The highest BCUT2D eigenvalue weighted by Crippen LogP contribution is 2.25. The van der Waals surface area contributed by atoms with E-state index < -0.39 is 11.3 Å². The molecule has 1 rings (SSSR count). The number of esters is 1. The highest BCUT2D eigenvalue weighted by Gasteiger charge is 2.22. The van der Waals surface area contributed by atoms with E-state index in [9.17, 15) is 9.59 Å². The monoisotopic (exact) mass is 297 g/mol. The summed E-state index contributed by atoms with van der Waals surface area (Å²) in [5.74, 6) is -0.804. The molecule has 0 saturated heterocycles. The van der Waals surface area contributed by atoms with Crippen LogP contribution < -0.4 is 5.32 Å². The van der Waals surface area contributed by atoms with E-state index in [4.69, 9.17) is 11.6 Å². The van der Waals surface area contributed by atoms with E-state index in [2.05, 4.69) is 10.1 Å². The first-order chi connectivity index (χ1) is 9.27. The Morgan fingerprint density at radius 1 is 1.30 bits per heavy atom. The molecule has 20 heavy (non-hydrogen) atoms. The van der Waals surface area contributed by atoms with Gasteiger partial charge in [-0.15, -0.1) is 11.6 Å². The minimum Gasteiger partial charge on any atom is -0.468 e. The maximum Gasteiger partial charge on any atom is 0.325 e. The molecule has 0 aliphatic rings. The number of nitrogens with one attached hydrogen (secondary N) is 1. The number of carbonyl (C=O) groups excluding carboxylic acids is 2. The summed E-state index contributed by atoms with van der Waals surface area (Å²) in [6.45, 7) is 6.15. The van der Waals surface area contributed by atoms with Crippen molar-refractivity contribution in [3.8, 4) is 0 Å². The number of halogens is 1. The van der Waals surface area contributed by atoms with Crippen molar-refractivity contribution >= 4 is 23.5 Å². The molecule has 0 saturated carbocycles. The lowest BCUT2D eigenvalue weighted by molar-refractivity contribution is -0.140. The van der Waals surface area contributed by atoms with Gasteiger partial charge in [0.2, 0.25) is 0 Å². The van der Waals surface area contributed by atoms with E-state index in [0.717, 1.165) is 5.56 Å². The van der Waals surface area contributed by atoms with E-state index in [1.165, 1.54) is 7.11 Å². The van der Waals surface area contributed by atoms with Crippen LogP contribution in [-0.4, -0.2) is 30.9 Å². The molecular weight excluding hydrogens is 278 g/mol. The minimum atomic E-state index is -0.884. The molecule has 1 amide bonds. The Morgan fingerprint density at radius 2 is 1.90 bits per heavy atom. The first-order valence-electron chi connectivity index (χ1n) is 6.37. The van der Waals surface area contributed by atoms with Gasteiger partial charge in [-0.3, -0.25) is 9.59 Å². The maximum absolute atomic E-state index is 12.2. The van der Waals surface area contributed by atoms with Crippen molar-refractivity contribution in [2.75, 3.05) is 13.7 Å². The molecule has 0 bridgehead atoms. The van der Waals surface area contributed by atoms with Crippen LogP contribution in [0.5, 0.6) is 0 Å². The second kappa shape index (κ2) is 6.75. The Hall–Kier alpha value is -1.55. The molecule has 1 unspecified atom stereocenters. The van der Waals surface area contributed by atoms with Gasteiger partial charge in [-0.25, -0.2) is 0 Å². The summed E-state index contributed by atoms with van der Waals surface area (Å²) in [5.41, 5.74) is 1.40. The number of rotatable bonds is 4. The van der Waals surface area contributed by atoms with E-state index >= 15 is 0 Å². The van der Waals surface area contributed by atoms with Gasteiger partial charge in [0, 0.05) is 12.1 Å². The molecule has 5 heteroatoms. The predicted octanol–water partition coefficient (Wildman–Crippen LogP) is 2.49. The normalized spacial score (nSPS) is 12.7. The molecule has 0 spiro atoms.